The molecule has 2 aliphatic rings. The summed E-state index contributed by atoms with van der Waals surface area (Å²) in [4.78, 5) is 14.6. The second kappa shape index (κ2) is 6.39. The van der Waals surface area contributed by atoms with Crippen LogP contribution in [0, 0.1) is 5.92 Å². The molecule has 17 heavy (non-hydrogen) atoms. The Hall–Kier alpha value is -0.570. The monoisotopic (exact) mass is 239 g/mol. The minimum Gasteiger partial charge on any atom is -0.396 e. The van der Waals surface area contributed by atoms with Crippen LogP contribution in [-0.2, 0) is 4.79 Å². The average Bonchev–Trinajstić information content (AvgIpc) is 2.40. The molecular weight excluding hydrogens is 214 g/mol. The highest BCUT2D eigenvalue weighted by molar-refractivity contribution is 5.79. The van der Waals surface area contributed by atoms with Crippen molar-refractivity contribution in [1.82, 2.24) is 4.90 Å². The zero-order valence-electron chi connectivity index (χ0n) is 10.7. The van der Waals surface area contributed by atoms with Gasteiger partial charge in [0.25, 0.3) is 0 Å². The van der Waals surface area contributed by atoms with Gasteiger partial charge in [-0.25, -0.2) is 0 Å². The third kappa shape index (κ3) is 3.21. The molecule has 2 rings (SSSR count). The van der Waals surface area contributed by atoms with Gasteiger partial charge in [-0.05, 0) is 38.5 Å². The lowest BCUT2D eigenvalue weighted by atomic mass is 9.87. The molecule has 98 valence electrons. The lowest BCUT2D eigenvalue weighted by molar-refractivity contribution is -0.140. The molecule has 1 amide bonds. The van der Waals surface area contributed by atoms with E-state index in [1.165, 1.54) is 25.7 Å². The number of hydrogen-bond acceptors (Lipinski definition) is 2. The highest BCUT2D eigenvalue weighted by Gasteiger charge is 2.31. The fraction of sp³-hybridized carbons (Fsp3) is 0.929. The molecule has 1 aliphatic carbocycles. The molecule has 0 aromatic heterocycles. The van der Waals surface area contributed by atoms with Crippen LogP contribution in [0.15, 0.2) is 0 Å². The van der Waals surface area contributed by atoms with Gasteiger partial charge in [0.1, 0.15) is 0 Å². The SMILES string of the molecule is O=C(C1CCCCC1)N1CCCC[C@@H]1CCO. The fourth-order valence-electron chi connectivity index (χ4n) is 3.32. The minimum atomic E-state index is 0.207. The number of rotatable bonds is 3. The Morgan fingerprint density at radius 3 is 2.47 bits per heavy atom. The maximum Gasteiger partial charge on any atom is 0.225 e. The van der Waals surface area contributed by atoms with Gasteiger partial charge in [0.15, 0.2) is 0 Å². The van der Waals surface area contributed by atoms with Crippen LogP contribution >= 0.6 is 0 Å². The maximum atomic E-state index is 12.5. The molecular formula is C14H25NO2. The quantitative estimate of drug-likeness (QED) is 0.821. The van der Waals surface area contributed by atoms with Crippen LogP contribution in [0.2, 0.25) is 0 Å². The van der Waals surface area contributed by atoms with Crippen LogP contribution in [-0.4, -0.2) is 35.1 Å². The van der Waals surface area contributed by atoms with Crippen molar-refractivity contribution in [2.75, 3.05) is 13.2 Å². The van der Waals surface area contributed by atoms with E-state index in [1.54, 1.807) is 0 Å². The van der Waals surface area contributed by atoms with Gasteiger partial charge in [0.2, 0.25) is 5.91 Å². The number of amides is 1. The Kier molecular flexibility index (Phi) is 4.84. The molecule has 0 bridgehead atoms. The van der Waals surface area contributed by atoms with Crippen LogP contribution in [0.4, 0.5) is 0 Å². The van der Waals surface area contributed by atoms with Crippen molar-refractivity contribution < 1.29 is 9.90 Å². The van der Waals surface area contributed by atoms with Crippen LogP contribution < -0.4 is 0 Å². The van der Waals surface area contributed by atoms with E-state index in [0.717, 1.165) is 38.6 Å². The molecule has 1 heterocycles. The predicted octanol–water partition coefficient (Wildman–Crippen LogP) is 2.33. The van der Waals surface area contributed by atoms with E-state index in [-0.39, 0.29) is 12.5 Å². The molecule has 0 radical (unpaired) electrons. The van der Waals surface area contributed by atoms with Crippen molar-refractivity contribution in [3.05, 3.63) is 0 Å². The predicted molar refractivity (Wildman–Crippen MR) is 67.6 cm³/mol. The Morgan fingerprint density at radius 2 is 1.76 bits per heavy atom. The van der Waals surface area contributed by atoms with Gasteiger partial charge in [-0.3, -0.25) is 4.79 Å². The van der Waals surface area contributed by atoms with E-state index < -0.39 is 0 Å². The Morgan fingerprint density at radius 1 is 1.06 bits per heavy atom. The second-order valence-electron chi connectivity index (χ2n) is 5.53. The standard InChI is InChI=1S/C14H25NO2/c16-11-9-13-8-4-5-10-15(13)14(17)12-6-2-1-3-7-12/h12-13,16H,1-11H2/t13-/m1/s1. The van der Waals surface area contributed by atoms with Crippen molar-refractivity contribution in [1.29, 1.82) is 0 Å². The number of piperidine rings is 1. The summed E-state index contributed by atoms with van der Waals surface area (Å²) in [6, 6.07) is 0.308. The van der Waals surface area contributed by atoms with E-state index >= 15 is 0 Å². The molecule has 1 atom stereocenters. The summed E-state index contributed by atoms with van der Waals surface area (Å²) in [6.45, 7) is 1.12. The third-order valence-corrected chi connectivity index (χ3v) is 4.33. The van der Waals surface area contributed by atoms with Crippen LogP contribution in [0.5, 0.6) is 0 Å². The van der Waals surface area contributed by atoms with E-state index in [2.05, 4.69) is 4.90 Å². The van der Waals surface area contributed by atoms with Gasteiger partial charge < -0.3 is 10.0 Å². The van der Waals surface area contributed by atoms with Crippen molar-refractivity contribution >= 4 is 5.91 Å². The average molecular weight is 239 g/mol. The van der Waals surface area contributed by atoms with Gasteiger partial charge in [-0.15, -0.1) is 0 Å². The molecule has 1 N–H and O–H groups in total. The maximum absolute atomic E-state index is 12.5. The molecule has 0 unspecified atom stereocenters. The first-order chi connectivity index (χ1) is 8.33. The molecule has 1 saturated carbocycles. The van der Waals surface area contributed by atoms with Crippen LogP contribution in [0.25, 0.3) is 0 Å². The fourth-order valence-corrected chi connectivity index (χ4v) is 3.32. The topological polar surface area (TPSA) is 40.5 Å². The first-order valence-corrected chi connectivity index (χ1v) is 7.24. The number of carbonyl (C=O) groups is 1. The van der Waals surface area contributed by atoms with Crippen LogP contribution in [0.3, 0.4) is 0 Å². The Bertz CT molecular complexity index is 247. The number of aliphatic hydroxyl groups is 1. The number of aliphatic hydroxyl groups excluding tert-OH is 1. The number of carbonyl (C=O) groups excluding carboxylic acids is 1. The summed E-state index contributed by atoms with van der Waals surface area (Å²) in [5, 5.41) is 9.09. The van der Waals surface area contributed by atoms with Gasteiger partial charge in [0, 0.05) is 25.1 Å². The summed E-state index contributed by atoms with van der Waals surface area (Å²) < 4.78 is 0. The number of likely N-dealkylation sites (tertiary alicyclic amines) is 1. The normalized spacial score (nSPS) is 27.1. The van der Waals surface area contributed by atoms with Gasteiger partial charge in [-0.2, -0.15) is 0 Å². The highest BCUT2D eigenvalue weighted by atomic mass is 16.3. The molecule has 2 fully saturated rings. The van der Waals surface area contributed by atoms with Crippen molar-refractivity contribution in [3.8, 4) is 0 Å². The van der Waals surface area contributed by atoms with E-state index in [1.807, 2.05) is 0 Å². The molecule has 3 heteroatoms. The van der Waals surface area contributed by atoms with Crippen molar-refractivity contribution in [3.63, 3.8) is 0 Å². The molecule has 1 saturated heterocycles. The summed E-state index contributed by atoms with van der Waals surface area (Å²) in [7, 11) is 0. The molecule has 0 aromatic rings. The highest BCUT2D eigenvalue weighted by Crippen LogP contribution is 2.29. The summed E-state index contributed by atoms with van der Waals surface area (Å²) in [5.41, 5.74) is 0. The van der Waals surface area contributed by atoms with E-state index in [4.69, 9.17) is 5.11 Å². The first kappa shape index (κ1) is 12.9. The van der Waals surface area contributed by atoms with Crippen molar-refractivity contribution in [2.24, 2.45) is 5.92 Å². The minimum absolute atomic E-state index is 0.207. The van der Waals surface area contributed by atoms with Gasteiger partial charge in [0.05, 0.1) is 0 Å². The smallest absolute Gasteiger partial charge is 0.225 e. The summed E-state index contributed by atoms with van der Waals surface area (Å²) in [5.74, 6) is 0.658. The zero-order valence-corrected chi connectivity index (χ0v) is 10.7. The second-order valence-corrected chi connectivity index (χ2v) is 5.53. The first-order valence-electron chi connectivity index (χ1n) is 7.24. The summed E-state index contributed by atoms with van der Waals surface area (Å²) >= 11 is 0. The summed E-state index contributed by atoms with van der Waals surface area (Å²) in [6.07, 6.45) is 10.1. The lowest BCUT2D eigenvalue weighted by Gasteiger charge is -2.38. The van der Waals surface area contributed by atoms with Crippen LogP contribution in [0.1, 0.15) is 57.8 Å². The third-order valence-electron chi connectivity index (χ3n) is 4.33. The lowest BCUT2D eigenvalue weighted by Crippen LogP contribution is -2.47. The zero-order chi connectivity index (χ0) is 12.1. The number of hydrogen-bond donors (Lipinski definition) is 1. The van der Waals surface area contributed by atoms with Gasteiger partial charge >= 0.3 is 0 Å². The largest absolute Gasteiger partial charge is 0.396 e. The molecule has 1 aliphatic heterocycles. The Balaban J connectivity index is 1.94. The molecule has 0 aromatic carbocycles. The molecule has 0 spiro atoms. The Labute approximate surface area is 104 Å². The van der Waals surface area contributed by atoms with Crippen molar-refractivity contribution in [2.45, 2.75) is 63.8 Å². The van der Waals surface area contributed by atoms with Gasteiger partial charge in [-0.1, -0.05) is 19.3 Å². The van der Waals surface area contributed by atoms with E-state index in [0.29, 0.717) is 11.9 Å². The van der Waals surface area contributed by atoms with E-state index in [9.17, 15) is 4.79 Å². The molecule has 3 nitrogen and oxygen atoms in total. The number of nitrogens with zero attached hydrogens (tertiary/aromatic N) is 1.